The van der Waals surface area contributed by atoms with Gasteiger partial charge in [-0.1, -0.05) is 29.8 Å². The number of rotatable bonds is 7. The van der Waals surface area contributed by atoms with E-state index in [1.807, 2.05) is 35.0 Å². The Bertz CT molecular complexity index is 1130. The lowest BCUT2D eigenvalue weighted by Crippen LogP contribution is -2.48. The second-order valence-corrected chi connectivity index (χ2v) is 9.32. The molecule has 0 saturated heterocycles. The third-order valence-corrected chi connectivity index (χ3v) is 6.17. The molecule has 1 heterocycles. The number of amides is 1. The lowest BCUT2D eigenvalue weighted by atomic mass is 10.1. The van der Waals surface area contributed by atoms with Crippen LogP contribution in [0.5, 0.6) is 0 Å². The number of nitrogens with zero attached hydrogens (tertiary/aromatic N) is 3. The van der Waals surface area contributed by atoms with Gasteiger partial charge in [0.1, 0.15) is 6.04 Å². The van der Waals surface area contributed by atoms with Crippen LogP contribution < -0.4 is 9.62 Å². The highest BCUT2D eigenvalue weighted by Gasteiger charge is 2.30. The van der Waals surface area contributed by atoms with E-state index in [9.17, 15) is 13.2 Å². The molecule has 0 aliphatic carbocycles. The number of benzene rings is 2. The summed E-state index contributed by atoms with van der Waals surface area (Å²) >= 11 is 6.06. The standard InChI is InChI=1S/C21H23ClN4O3S/c1-15-4-7-18(22)12-20(15)26(30(3,28)29)16(2)21(27)24-13-17-5-8-19(9-6-17)25-11-10-23-14-25/h4-12,14,16H,13H2,1-3H3,(H,24,27)/t16-/m0/s1. The van der Waals surface area contributed by atoms with Gasteiger partial charge in [0.15, 0.2) is 0 Å². The van der Waals surface area contributed by atoms with Crippen molar-refractivity contribution >= 4 is 33.2 Å². The quantitative estimate of drug-likeness (QED) is 0.603. The Balaban J connectivity index is 1.73. The summed E-state index contributed by atoms with van der Waals surface area (Å²) in [6, 6.07) is 11.7. The molecule has 1 N–H and O–H groups in total. The molecule has 158 valence electrons. The molecule has 3 rings (SSSR count). The second kappa shape index (κ2) is 8.89. The topological polar surface area (TPSA) is 84.3 Å². The zero-order chi connectivity index (χ0) is 21.9. The zero-order valence-electron chi connectivity index (χ0n) is 16.9. The summed E-state index contributed by atoms with van der Waals surface area (Å²) in [6.45, 7) is 3.61. The molecule has 0 aliphatic rings. The van der Waals surface area contributed by atoms with Crippen LogP contribution in [0.25, 0.3) is 5.69 Å². The summed E-state index contributed by atoms with van der Waals surface area (Å²) in [5.74, 6) is -0.404. The largest absolute Gasteiger partial charge is 0.350 e. The fraction of sp³-hybridized carbons (Fsp3) is 0.238. The minimum atomic E-state index is -3.71. The van der Waals surface area contributed by atoms with E-state index in [1.54, 1.807) is 44.6 Å². The summed E-state index contributed by atoms with van der Waals surface area (Å²) in [7, 11) is -3.71. The van der Waals surface area contributed by atoms with Crippen LogP contribution in [-0.4, -0.2) is 36.2 Å². The van der Waals surface area contributed by atoms with E-state index < -0.39 is 22.0 Å². The smallest absolute Gasteiger partial charge is 0.243 e. The van der Waals surface area contributed by atoms with Gasteiger partial charge in [0, 0.05) is 29.6 Å². The lowest BCUT2D eigenvalue weighted by Gasteiger charge is -2.29. The molecular weight excluding hydrogens is 424 g/mol. The Hall–Kier alpha value is -2.84. The van der Waals surface area contributed by atoms with Crippen molar-refractivity contribution in [3.63, 3.8) is 0 Å². The van der Waals surface area contributed by atoms with Crippen molar-refractivity contribution in [2.24, 2.45) is 0 Å². The van der Waals surface area contributed by atoms with Crippen molar-refractivity contribution in [1.29, 1.82) is 0 Å². The van der Waals surface area contributed by atoms with Crippen LogP contribution >= 0.6 is 11.6 Å². The molecule has 0 bridgehead atoms. The maximum Gasteiger partial charge on any atom is 0.243 e. The van der Waals surface area contributed by atoms with E-state index in [0.717, 1.165) is 21.8 Å². The van der Waals surface area contributed by atoms with E-state index in [1.165, 1.54) is 0 Å². The number of aromatic nitrogens is 2. The minimum absolute atomic E-state index is 0.277. The number of halogens is 1. The molecule has 2 aromatic carbocycles. The van der Waals surface area contributed by atoms with Crippen LogP contribution in [0.15, 0.2) is 61.2 Å². The Labute approximate surface area is 181 Å². The monoisotopic (exact) mass is 446 g/mol. The maximum atomic E-state index is 12.8. The zero-order valence-corrected chi connectivity index (χ0v) is 18.5. The van der Waals surface area contributed by atoms with Gasteiger partial charge in [-0.15, -0.1) is 0 Å². The molecule has 1 aromatic heterocycles. The van der Waals surface area contributed by atoms with Gasteiger partial charge in [-0.05, 0) is 49.2 Å². The van der Waals surface area contributed by atoms with E-state index in [2.05, 4.69) is 10.3 Å². The maximum absolute atomic E-state index is 12.8. The summed E-state index contributed by atoms with van der Waals surface area (Å²) in [6.07, 6.45) is 6.32. The van der Waals surface area contributed by atoms with Gasteiger partial charge in [0.25, 0.3) is 0 Å². The molecule has 3 aromatic rings. The van der Waals surface area contributed by atoms with Crippen molar-refractivity contribution in [1.82, 2.24) is 14.9 Å². The third-order valence-electron chi connectivity index (χ3n) is 4.70. The van der Waals surface area contributed by atoms with Gasteiger partial charge in [-0.3, -0.25) is 9.10 Å². The van der Waals surface area contributed by atoms with Crippen LogP contribution in [0, 0.1) is 6.92 Å². The van der Waals surface area contributed by atoms with Gasteiger partial charge in [-0.25, -0.2) is 13.4 Å². The number of carbonyl (C=O) groups is 1. The van der Waals surface area contributed by atoms with Crippen molar-refractivity contribution in [3.05, 3.63) is 77.3 Å². The minimum Gasteiger partial charge on any atom is -0.350 e. The first-order chi connectivity index (χ1) is 14.2. The van der Waals surface area contributed by atoms with E-state index in [-0.39, 0.29) is 6.54 Å². The van der Waals surface area contributed by atoms with Gasteiger partial charge in [0.05, 0.1) is 18.3 Å². The van der Waals surface area contributed by atoms with Gasteiger partial charge in [0.2, 0.25) is 15.9 Å². The molecule has 0 unspecified atom stereocenters. The Kier molecular flexibility index (Phi) is 6.48. The van der Waals surface area contributed by atoms with Gasteiger partial charge < -0.3 is 9.88 Å². The van der Waals surface area contributed by atoms with Crippen LogP contribution in [0.1, 0.15) is 18.1 Å². The summed E-state index contributed by atoms with van der Waals surface area (Å²) in [5, 5.41) is 3.21. The third kappa shape index (κ3) is 5.01. The number of nitrogens with one attached hydrogen (secondary N) is 1. The van der Waals surface area contributed by atoms with Crippen molar-refractivity contribution in [3.8, 4) is 5.69 Å². The molecule has 0 aliphatic heterocycles. The van der Waals surface area contributed by atoms with Gasteiger partial charge in [-0.2, -0.15) is 0 Å². The molecule has 1 amide bonds. The van der Waals surface area contributed by atoms with Crippen molar-refractivity contribution < 1.29 is 13.2 Å². The molecule has 1 atom stereocenters. The SMILES string of the molecule is Cc1ccc(Cl)cc1N([C@@H](C)C(=O)NCc1ccc(-n2ccnc2)cc1)S(C)(=O)=O. The van der Waals surface area contributed by atoms with Crippen molar-refractivity contribution in [2.45, 2.75) is 26.4 Å². The first kappa shape index (κ1) is 21.9. The van der Waals surface area contributed by atoms with Gasteiger partial charge >= 0.3 is 0 Å². The average Bonchev–Trinajstić information content (AvgIpc) is 3.23. The average molecular weight is 447 g/mol. The predicted molar refractivity (Wildman–Crippen MR) is 118 cm³/mol. The normalized spacial score (nSPS) is 12.4. The highest BCUT2D eigenvalue weighted by Crippen LogP contribution is 2.28. The molecular formula is C21H23ClN4O3S. The Morgan fingerprint density at radius 1 is 1.23 bits per heavy atom. The van der Waals surface area contributed by atoms with E-state index in [0.29, 0.717) is 16.3 Å². The first-order valence-electron chi connectivity index (χ1n) is 9.27. The van der Waals surface area contributed by atoms with Crippen LogP contribution in [-0.2, 0) is 21.4 Å². The van der Waals surface area contributed by atoms with Crippen molar-refractivity contribution in [2.75, 3.05) is 10.6 Å². The predicted octanol–water partition coefficient (Wildman–Crippen LogP) is 3.31. The van der Waals surface area contributed by atoms with E-state index >= 15 is 0 Å². The Morgan fingerprint density at radius 2 is 1.93 bits per heavy atom. The van der Waals surface area contributed by atoms with Crippen LogP contribution in [0.2, 0.25) is 5.02 Å². The Morgan fingerprint density at radius 3 is 2.53 bits per heavy atom. The summed E-state index contributed by atoms with van der Waals surface area (Å²) in [4.78, 5) is 16.8. The lowest BCUT2D eigenvalue weighted by molar-refractivity contribution is -0.122. The molecule has 9 heteroatoms. The molecule has 30 heavy (non-hydrogen) atoms. The molecule has 0 spiro atoms. The van der Waals surface area contributed by atoms with Crippen LogP contribution in [0.4, 0.5) is 5.69 Å². The number of hydrogen-bond acceptors (Lipinski definition) is 4. The first-order valence-corrected chi connectivity index (χ1v) is 11.5. The number of imidazole rings is 1. The van der Waals surface area contributed by atoms with Crippen LogP contribution in [0.3, 0.4) is 0 Å². The molecule has 0 radical (unpaired) electrons. The number of sulfonamides is 1. The highest BCUT2D eigenvalue weighted by atomic mass is 35.5. The second-order valence-electron chi connectivity index (χ2n) is 7.02. The summed E-state index contributed by atoms with van der Waals surface area (Å²) < 4.78 is 27.9. The highest BCUT2D eigenvalue weighted by molar-refractivity contribution is 7.92. The summed E-state index contributed by atoms with van der Waals surface area (Å²) in [5.41, 5.74) is 2.94. The fourth-order valence-electron chi connectivity index (χ4n) is 3.14. The fourth-order valence-corrected chi connectivity index (χ4v) is 4.53. The number of hydrogen-bond donors (Lipinski definition) is 1. The molecule has 0 saturated carbocycles. The van der Waals surface area contributed by atoms with E-state index in [4.69, 9.17) is 11.6 Å². The number of carbonyl (C=O) groups excluding carboxylic acids is 1. The molecule has 0 fully saturated rings. The number of aryl methyl sites for hydroxylation is 1. The molecule has 7 nitrogen and oxygen atoms in total. The number of anilines is 1.